The van der Waals surface area contributed by atoms with Crippen LogP contribution in [0, 0.1) is 20.8 Å². The van der Waals surface area contributed by atoms with Crippen molar-refractivity contribution >= 4 is 0 Å². The van der Waals surface area contributed by atoms with Crippen LogP contribution < -0.4 is 10.1 Å². The van der Waals surface area contributed by atoms with Gasteiger partial charge in [0, 0.05) is 18.3 Å². The smallest absolute Gasteiger partial charge is 0.219 e. The average Bonchev–Trinajstić information content (AvgIpc) is 2.36. The van der Waals surface area contributed by atoms with Crippen LogP contribution in [0.5, 0.6) is 11.6 Å². The van der Waals surface area contributed by atoms with E-state index in [-0.39, 0.29) is 0 Å². The van der Waals surface area contributed by atoms with Crippen LogP contribution in [-0.2, 0) is 6.54 Å². The number of pyridine rings is 1. The van der Waals surface area contributed by atoms with Crippen molar-refractivity contribution in [3.8, 4) is 11.6 Å². The third-order valence-electron chi connectivity index (χ3n) is 3.15. The molecule has 0 saturated heterocycles. The van der Waals surface area contributed by atoms with Crippen molar-refractivity contribution in [3.63, 3.8) is 0 Å². The lowest BCUT2D eigenvalue weighted by atomic mass is 10.1. The second kappa shape index (κ2) is 6.53. The first kappa shape index (κ1) is 14.5. The van der Waals surface area contributed by atoms with Gasteiger partial charge in [-0.2, -0.15) is 0 Å². The first-order valence-electron chi connectivity index (χ1n) is 7.02. The van der Waals surface area contributed by atoms with E-state index in [0.29, 0.717) is 5.88 Å². The Morgan fingerprint density at radius 1 is 1.05 bits per heavy atom. The highest BCUT2D eigenvalue weighted by atomic mass is 16.5. The van der Waals surface area contributed by atoms with Crippen LogP contribution in [0.3, 0.4) is 0 Å². The summed E-state index contributed by atoms with van der Waals surface area (Å²) >= 11 is 0. The molecule has 0 saturated carbocycles. The molecular weight excluding hydrogens is 248 g/mol. The van der Waals surface area contributed by atoms with Crippen molar-refractivity contribution in [3.05, 3.63) is 52.7 Å². The zero-order chi connectivity index (χ0) is 14.5. The summed E-state index contributed by atoms with van der Waals surface area (Å²) in [7, 11) is 0. The molecule has 0 aliphatic rings. The fourth-order valence-corrected chi connectivity index (χ4v) is 2.18. The molecule has 0 fully saturated rings. The highest BCUT2D eigenvalue weighted by molar-refractivity contribution is 5.36. The van der Waals surface area contributed by atoms with Crippen molar-refractivity contribution in [1.29, 1.82) is 0 Å². The molecule has 0 aliphatic carbocycles. The van der Waals surface area contributed by atoms with E-state index in [0.717, 1.165) is 24.5 Å². The van der Waals surface area contributed by atoms with Gasteiger partial charge in [-0.3, -0.25) is 0 Å². The fraction of sp³-hybridized carbons (Fsp3) is 0.353. The fourth-order valence-electron chi connectivity index (χ4n) is 2.18. The number of aryl methyl sites for hydroxylation is 3. The van der Waals surface area contributed by atoms with Gasteiger partial charge in [0.25, 0.3) is 0 Å². The summed E-state index contributed by atoms with van der Waals surface area (Å²) in [5.41, 5.74) is 4.61. The van der Waals surface area contributed by atoms with Crippen LogP contribution in [0.4, 0.5) is 0 Å². The molecule has 0 atom stereocenters. The zero-order valence-electron chi connectivity index (χ0n) is 12.7. The highest BCUT2D eigenvalue weighted by Crippen LogP contribution is 2.23. The van der Waals surface area contributed by atoms with Crippen LogP contribution in [0.15, 0.2) is 30.3 Å². The normalized spacial score (nSPS) is 10.6. The van der Waals surface area contributed by atoms with E-state index in [1.807, 2.05) is 25.1 Å². The number of nitrogens with zero attached hydrogens (tertiary/aromatic N) is 1. The Hall–Kier alpha value is -1.87. The van der Waals surface area contributed by atoms with E-state index in [1.54, 1.807) is 0 Å². The van der Waals surface area contributed by atoms with E-state index < -0.39 is 0 Å². The standard InChI is InChI=1S/C17H22N2O/c1-5-18-11-15-6-7-17(19-14(15)4)20-16-9-12(2)8-13(3)10-16/h6-10,18H,5,11H2,1-4H3. The second-order valence-corrected chi connectivity index (χ2v) is 5.10. The second-order valence-electron chi connectivity index (χ2n) is 5.10. The van der Waals surface area contributed by atoms with Crippen molar-refractivity contribution in [1.82, 2.24) is 10.3 Å². The predicted molar refractivity (Wildman–Crippen MR) is 82.3 cm³/mol. The molecule has 1 heterocycles. The molecule has 3 heteroatoms. The summed E-state index contributed by atoms with van der Waals surface area (Å²) < 4.78 is 5.85. The molecule has 20 heavy (non-hydrogen) atoms. The van der Waals surface area contributed by atoms with E-state index in [2.05, 4.69) is 43.2 Å². The summed E-state index contributed by atoms with van der Waals surface area (Å²) in [4.78, 5) is 4.52. The Morgan fingerprint density at radius 2 is 1.75 bits per heavy atom. The molecule has 0 spiro atoms. The van der Waals surface area contributed by atoms with E-state index >= 15 is 0 Å². The lowest BCUT2D eigenvalue weighted by Crippen LogP contribution is -2.13. The Bertz CT molecular complexity index is 573. The molecule has 3 nitrogen and oxygen atoms in total. The lowest BCUT2D eigenvalue weighted by Gasteiger charge is -2.10. The quantitative estimate of drug-likeness (QED) is 0.894. The first-order chi connectivity index (χ1) is 9.58. The first-order valence-corrected chi connectivity index (χ1v) is 7.02. The van der Waals surface area contributed by atoms with Crippen LogP contribution >= 0.6 is 0 Å². The maximum absolute atomic E-state index is 5.85. The Kier molecular flexibility index (Phi) is 4.74. The van der Waals surface area contributed by atoms with Gasteiger partial charge in [-0.05, 0) is 56.1 Å². The van der Waals surface area contributed by atoms with Gasteiger partial charge in [-0.15, -0.1) is 0 Å². The van der Waals surface area contributed by atoms with Gasteiger partial charge >= 0.3 is 0 Å². The number of benzene rings is 1. The molecule has 0 radical (unpaired) electrons. The topological polar surface area (TPSA) is 34.1 Å². The molecule has 0 bridgehead atoms. The minimum Gasteiger partial charge on any atom is -0.439 e. The van der Waals surface area contributed by atoms with E-state index in [1.165, 1.54) is 16.7 Å². The largest absolute Gasteiger partial charge is 0.439 e. The van der Waals surface area contributed by atoms with Gasteiger partial charge in [0.2, 0.25) is 5.88 Å². The maximum Gasteiger partial charge on any atom is 0.219 e. The summed E-state index contributed by atoms with van der Waals surface area (Å²) in [5.74, 6) is 1.49. The highest BCUT2D eigenvalue weighted by Gasteiger charge is 2.04. The van der Waals surface area contributed by atoms with Gasteiger partial charge in [0.05, 0.1) is 0 Å². The van der Waals surface area contributed by atoms with E-state index in [9.17, 15) is 0 Å². The number of aromatic nitrogens is 1. The number of rotatable bonds is 5. The van der Waals surface area contributed by atoms with Crippen molar-refractivity contribution in [2.24, 2.45) is 0 Å². The van der Waals surface area contributed by atoms with Gasteiger partial charge in [0.15, 0.2) is 0 Å². The van der Waals surface area contributed by atoms with Gasteiger partial charge in [-0.1, -0.05) is 19.1 Å². The minimum absolute atomic E-state index is 0.646. The molecule has 0 unspecified atom stereocenters. The SMILES string of the molecule is CCNCc1ccc(Oc2cc(C)cc(C)c2)nc1C. The Balaban J connectivity index is 2.15. The molecule has 1 aromatic carbocycles. The number of hydrogen-bond donors (Lipinski definition) is 1. The molecule has 2 rings (SSSR count). The molecule has 0 aliphatic heterocycles. The molecule has 2 aromatic rings. The maximum atomic E-state index is 5.85. The Morgan fingerprint density at radius 3 is 2.35 bits per heavy atom. The Labute approximate surface area is 121 Å². The van der Waals surface area contributed by atoms with E-state index in [4.69, 9.17) is 4.74 Å². The average molecular weight is 270 g/mol. The van der Waals surface area contributed by atoms with Gasteiger partial charge in [0.1, 0.15) is 5.75 Å². The molecule has 1 aromatic heterocycles. The minimum atomic E-state index is 0.646. The van der Waals surface area contributed by atoms with Crippen molar-refractivity contribution < 1.29 is 4.74 Å². The van der Waals surface area contributed by atoms with Crippen LogP contribution in [0.25, 0.3) is 0 Å². The van der Waals surface area contributed by atoms with Gasteiger partial charge in [-0.25, -0.2) is 4.98 Å². The monoisotopic (exact) mass is 270 g/mol. The summed E-state index contributed by atoms with van der Waals surface area (Å²) in [5, 5.41) is 3.31. The predicted octanol–water partition coefficient (Wildman–Crippen LogP) is 3.91. The number of nitrogens with one attached hydrogen (secondary N) is 1. The number of hydrogen-bond acceptors (Lipinski definition) is 3. The summed E-state index contributed by atoms with van der Waals surface area (Å²) in [6.45, 7) is 10.1. The number of ether oxygens (including phenoxy) is 1. The molecule has 1 N–H and O–H groups in total. The molecule has 0 amide bonds. The zero-order valence-corrected chi connectivity index (χ0v) is 12.7. The third-order valence-corrected chi connectivity index (χ3v) is 3.15. The van der Waals surface area contributed by atoms with Crippen molar-refractivity contribution in [2.45, 2.75) is 34.2 Å². The molecule has 106 valence electrons. The summed E-state index contributed by atoms with van der Waals surface area (Å²) in [6.07, 6.45) is 0. The molecular formula is C17H22N2O. The van der Waals surface area contributed by atoms with Crippen molar-refractivity contribution in [2.75, 3.05) is 6.54 Å². The van der Waals surface area contributed by atoms with Gasteiger partial charge < -0.3 is 10.1 Å². The summed E-state index contributed by atoms with van der Waals surface area (Å²) in [6, 6.07) is 10.2. The van der Waals surface area contributed by atoms with Crippen LogP contribution in [-0.4, -0.2) is 11.5 Å². The third kappa shape index (κ3) is 3.81. The van der Waals surface area contributed by atoms with Crippen LogP contribution in [0.2, 0.25) is 0 Å². The van der Waals surface area contributed by atoms with Crippen LogP contribution in [0.1, 0.15) is 29.3 Å². The lowest BCUT2D eigenvalue weighted by molar-refractivity contribution is 0.460.